The standard InChI is InChI=1S/C16H23NO/c1-4-5-6-7-8-14(3)18-16-10-9-15(12-17)13(2)11-16/h9-11,14H,4-8H2,1-3H3. The number of rotatable bonds is 7. The van der Waals surface area contributed by atoms with Crippen LogP contribution in [0.1, 0.15) is 57.1 Å². The molecule has 1 rings (SSSR count). The summed E-state index contributed by atoms with van der Waals surface area (Å²) in [6, 6.07) is 7.82. The van der Waals surface area contributed by atoms with Gasteiger partial charge in [-0.3, -0.25) is 0 Å². The molecule has 0 heterocycles. The monoisotopic (exact) mass is 245 g/mol. The van der Waals surface area contributed by atoms with E-state index in [0.717, 1.165) is 23.3 Å². The SMILES string of the molecule is CCCCCCC(C)Oc1ccc(C#N)c(C)c1. The van der Waals surface area contributed by atoms with Crippen molar-refractivity contribution >= 4 is 0 Å². The second-order valence-corrected chi connectivity index (χ2v) is 4.87. The Labute approximate surface area is 111 Å². The van der Waals surface area contributed by atoms with E-state index in [1.165, 1.54) is 25.7 Å². The molecular formula is C16H23NO. The van der Waals surface area contributed by atoms with E-state index in [-0.39, 0.29) is 6.10 Å². The van der Waals surface area contributed by atoms with Gasteiger partial charge in [-0.1, -0.05) is 26.2 Å². The van der Waals surface area contributed by atoms with Gasteiger partial charge in [-0.2, -0.15) is 5.26 Å². The lowest BCUT2D eigenvalue weighted by atomic mass is 10.1. The largest absolute Gasteiger partial charge is 0.491 e. The van der Waals surface area contributed by atoms with Crippen molar-refractivity contribution in [1.82, 2.24) is 0 Å². The van der Waals surface area contributed by atoms with Gasteiger partial charge in [-0.05, 0) is 50.5 Å². The van der Waals surface area contributed by atoms with Crippen LogP contribution in [-0.4, -0.2) is 6.10 Å². The molecule has 0 aliphatic carbocycles. The van der Waals surface area contributed by atoms with E-state index in [0.29, 0.717) is 0 Å². The zero-order valence-electron chi connectivity index (χ0n) is 11.7. The van der Waals surface area contributed by atoms with E-state index in [1.54, 1.807) is 0 Å². The highest BCUT2D eigenvalue weighted by Gasteiger charge is 2.05. The summed E-state index contributed by atoms with van der Waals surface area (Å²) >= 11 is 0. The average Bonchev–Trinajstić information content (AvgIpc) is 2.35. The fraction of sp³-hybridized carbons (Fsp3) is 0.562. The number of ether oxygens (including phenoxy) is 1. The molecule has 0 fully saturated rings. The molecule has 18 heavy (non-hydrogen) atoms. The summed E-state index contributed by atoms with van der Waals surface area (Å²) in [6.45, 7) is 6.27. The van der Waals surface area contributed by atoms with Crippen LogP contribution in [0.25, 0.3) is 0 Å². The Balaban J connectivity index is 2.42. The minimum absolute atomic E-state index is 0.245. The number of aryl methyl sites for hydroxylation is 1. The third kappa shape index (κ3) is 4.79. The fourth-order valence-corrected chi connectivity index (χ4v) is 1.98. The van der Waals surface area contributed by atoms with Gasteiger partial charge in [-0.15, -0.1) is 0 Å². The molecule has 1 atom stereocenters. The molecule has 0 aliphatic heterocycles. The molecule has 1 unspecified atom stereocenters. The van der Waals surface area contributed by atoms with Crippen LogP contribution in [-0.2, 0) is 0 Å². The van der Waals surface area contributed by atoms with Crippen molar-refractivity contribution in [1.29, 1.82) is 5.26 Å². The van der Waals surface area contributed by atoms with Gasteiger partial charge in [0.15, 0.2) is 0 Å². The Bertz CT molecular complexity index is 406. The number of nitrogens with zero attached hydrogens (tertiary/aromatic N) is 1. The van der Waals surface area contributed by atoms with Crippen molar-refractivity contribution in [3.05, 3.63) is 29.3 Å². The molecule has 0 radical (unpaired) electrons. The first kappa shape index (κ1) is 14.6. The van der Waals surface area contributed by atoms with Crippen LogP contribution in [0.15, 0.2) is 18.2 Å². The van der Waals surface area contributed by atoms with Gasteiger partial charge in [0.2, 0.25) is 0 Å². The van der Waals surface area contributed by atoms with Crippen molar-refractivity contribution in [2.75, 3.05) is 0 Å². The van der Waals surface area contributed by atoms with Gasteiger partial charge in [0.25, 0.3) is 0 Å². The van der Waals surface area contributed by atoms with E-state index < -0.39 is 0 Å². The van der Waals surface area contributed by atoms with E-state index in [9.17, 15) is 0 Å². The van der Waals surface area contributed by atoms with Crippen molar-refractivity contribution in [2.24, 2.45) is 0 Å². The van der Waals surface area contributed by atoms with E-state index in [4.69, 9.17) is 10.00 Å². The van der Waals surface area contributed by atoms with E-state index >= 15 is 0 Å². The highest BCUT2D eigenvalue weighted by atomic mass is 16.5. The van der Waals surface area contributed by atoms with Crippen molar-refractivity contribution in [3.8, 4) is 11.8 Å². The van der Waals surface area contributed by atoms with Gasteiger partial charge in [0, 0.05) is 0 Å². The molecule has 0 aliphatic rings. The maximum atomic E-state index is 8.87. The number of nitriles is 1. The molecule has 0 aromatic heterocycles. The molecule has 2 heteroatoms. The molecule has 1 aromatic carbocycles. The number of benzene rings is 1. The van der Waals surface area contributed by atoms with Gasteiger partial charge in [-0.25, -0.2) is 0 Å². The zero-order valence-corrected chi connectivity index (χ0v) is 11.7. The van der Waals surface area contributed by atoms with Crippen LogP contribution in [0.2, 0.25) is 0 Å². The van der Waals surface area contributed by atoms with Crippen LogP contribution in [0.4, 0.5) is 0 Å². The van der Waals surface area contributed by atoms with Gasteiger partial charge < -0.3 is 4.74 Å². The summed E-state index contributed by atoms with van der Waals surface area (Å²) in [5, 5.41) is 8.87. The first-order chi connectivity index (χ1) is 8.67. The van der Waals surface area contributed by atoms with Gasteiger partial charge in [0.05, 0.1) is 17.7 Å². The molecule has 98 valence electrons. The molecule has 0 spiro atoms. The lowest BCUT2D eigenvalue weighted by Gasteiger charge is -2.15. The second kappa shape index (κ2) is 7.76. The molecule has 0 saturated heterocycles. The quantitative estimate of drug-likeness (QED) is 0.657. The first-order valence-corrected chi connectivity index (χ1v) is 6.84. The molecule has 0 saturated carbocycles. The summed E-state index contributed by atoms with van der Waals surface area (Å²) in [4.78, 5) is 0. The van der Waals surface area contributed by atoms with Crippen molar-refractivity contribution in [2.45, 2.75) is 59.0 Å². The van der Waals surface area contributed by atoms with Crippen LogP contribution >= 0.6 is 0 Å². The molecule has 0 N–H and O–H groups in total. The summed E-state index contributed by atoms with van der Waals surface area (Å²) < 4.78 is 5.87. The summed E-state index contributed by atoms with van der Waals surface area (Å²) in [6.07, 6.45) is 6.43. The predicted octanol–water partition coefficient (Wildman–Crippen LogP) is 4.60. The molecule has 2 nitrogen and oxygen atoms in total. The van der Waals surface area contributed by atoms with Crippen molar-refractivity contribution < 1.29 is 4.74 Å². The van der Waals surface area contributed by atoms with Crippen LogP contribution < -0.4 is 4.74 Å². The molecule has 0 amide bonds. The maximum Gasteiger partial charge on any atom is 0.120 e. The van der Waals surface area contributed by atoms with Crippen LogP contribution in [0, 0.1) is 18.3 Å². The maximum absolute atomic E-state index is 8.87. The number of hydrogen-bond donors (Lipinski definition) is 0. The number of hydrogen-bond acceptors (Lipinski definition) is 2. The first-order valence-electron chi connectivity index (χ1n) is 6.84. The van der Waals surface area contributed by atoms with E-state index in [1.807, 2.05) is 25.1 Å². The highest BCUT2D eigenvalue weighted by molar-refractivity contribution is 5.41. The number of unbranched alkanes of at least 4 members (excludes halogenated alkanes) is 3. The smallest absolute Gasteiger partial charge is 0.120 e. The van der Waals surface area contributed by atoms with Gasteiger partial charge in [0.1, 0.15) is 5.75 Å². The van der Waals surface area contributed by atoms with Gasteiger partial charge >= 0.3 is 0 Å². The average molecular weight is 245 g/mol. The Morgan fingerprint density at radius 1 is 1.28 bits per heavy atom. The Morgan fingerprint density at radius 2 is 2.06 bits per heavy atom. The summed E-state index contributed by atoms with van der Waals surface area (Å²) in [5.41, 5.74) is 1.70. The Hall–Kier alpha value is -1.49. The second-order valence-electron chi connectivity index (χ2n) is 4.87. The normalized spacial score (nSPS) is 11.9. The highest BCUT2D eigenvalue weighted by Crippen LogP contribution is 2.19. The van der Waals surface area contributed by atoms with E-state index in [2.05, 4.69) is 19.9 Å². The Kier molecular flexibility index (Phi) is 6.28. The lowest BCUT2D eigenvalue weighted by molar-refractivity contribution is 0.206. The minimum atomic E-state index is 0.245. The molecule has 1 aromatic rings. The lowest BCUT2D eigenvalue weighted by Crippen LogP contribution is -2.11. The molecule has 0 bridgehead atoms. The minimum Gasteiger partial charge on any atom is -0.491 e. The van der Waals surface area contributed by atoms with Crippen LogP contribution in [0.5, 0.6) is 5.75 Å². The Morgan fingerprint density at radius 3 is 2.67 bits per heavy atom. The third-order valence-electron chi connectivity index (χ3n) is 3.12. The zero-order chi connectivity index (χ0) is 13.4. The fourth-order valence-electron chi connectivity index (χ4n) is 1.98. The summed E-state index contributed by atoms with van der Waals surface area (Å²) in [7, 11) is 0. The third-order valence-corrected chi connectivity index (χ3v) is 3.12. The van der Waals surface area contributed by atoms with Crippen LogP contribution in [0.3, 0.4) is 0 Å². The topological polar surface area (TPSA) is 33.0 Å². The molecular weight excluding hydrogens is 222 g/mol. The van der Waals surface area contributed by atoms with Crippen molar-refractivity contribution in [3.63, 3.8) is 0 Å². The summed E-state index contributed by atoms with van der Waals surface area (Å²) in [5.74, 6) is 0.870. The predicted molar refractivity (Wildman–Crippen MR) is 74.7 cm³/mol.